The molecule has 2 atom stereocenters. The number of rotatable bonds is 10. The van der Waals surface area contributed by atoms with Gasteiger partial charge in [0.15, 0.2) is 0 Å². The van der Waals surface area contributed by atoms with Crippen LogP contribution in [0.1, 0.15) is 88.2 Å². The van der Waals surface area contributed by atoms with Gasteiger partial charge in [-0.15, -0.1) is 0 Å². The summed E-state index contributed by atoms with van der Waals surface area (Å²) in [7, 11) is 0. The van der Waals surface area contributed by atoms with Crippen molar-refractivity contribution in [3.8, 4) is 23.0 Å². The van der Waals surface area contributed by atoms with E-state index in [-0.39, 0.29) is 23.7 Å². The van der Waals surface area contributed by atoms with E-state index in [4.69, 9.17) is 18.9 Å². The lowest BCUT2D eigenvalue weighted by atomic mass is 9.89. The molecule has 2 aliphatic heterocycles. The fourth-order valence-corrected chi connectivity index (χ4v) is 7.20. The van der Waals surface area contributed by atoms with Gasteiger partial charge in [0.1, 0.15) is 35.2 Å². The van der Waals surface area contributed by atoms with Crippen molar-refractivity contribution in [3.63, 3.8) is 0 Å². The first-order valence-corrected chi connectivity index (χ1v) is 17.0. The standard InChI is InChI=1S/C36H48N2O6/c39-35(43-29-15-11-27-13-17-31(41-33(27)19-29)23-37-21-25-7-3-1-4-8-25)36(40)44-30-16-12-28-14-18-32(42-34(28)20-30)24-38-22-26-9-5-2-6-10-26/h11-12,15-16,19-20,25-26,31-32,37-38H,1-10,13-14,17-18,21-24H2. The first kappa shape index (κ1) is 30.9. The van der Waals surface area contributed by atoms with Crippen LogP contribution >= 0.6 is 0 Å². The van der Waals surface area contributed by atoms with Gasteiger partial charge in [0, 0.05) is 25.2 Å². The molecule has 0 amide bonds. The molecule has 2 fully saturated rings. The molecule has 8 heteroatoms. The highest BCUT2D eigenvalue weighted by Crippen LogP contribution is 2.33. The van der Waals surface area contributed by atoms with E-state index in [0.29, 0.717) is 11.5 Å². The van der Waals surface area contributed by atoms with E-state index in [9.17, 15) is 9.59 Å². The molecule has 4 aliphatic rings. The van der Waals surface area contributed by atoms with Gasteiger partial charge in [-0.3, -0.25) is 0 Å². The number of ether oxygens (including phenoxy) is 4. The van der Waals surface area contributed by atoms with Crippen LogP contribution in [0.3, 0.4) is 0 Å². The number of esters is 2. The number of carbonyl (C=O) groups excluding carboxylic acids is 2. The SMILES string of the molecule is O=C(Oc1ccc2c(c1)OC(CNCC1CCCCC1)CC2)C(=O)Oc1ccc2c(c1)OC(CNCC1CCCCC1)CC2. The maximum atomic E-state index is 12.6. The minimum Gasteiger partial charge on any atom is -0.489 e. The lowest BCUT2D eigenvalue weighted by molar-refractivity contribution is -0.156. The zero-order valence-electron chi connectivity index (χ0n) is 26.0. The third-order valence-corrected chi connectivity index (χ3v) is 9.78. The highest BCUT2D eigenvalue weighted by atomic mass is 16.6. The molecule has 2 heterocycles. The quantitative estimate of drug-likeness (QED) is 0.196. The van der Waals surface area contributed by atoms with Crippen molar-refractivity contribution in [1.82, 2.24) is 10.6 Å². The van der Waals surface area contributed by atoms with Crippen LogP contribution in [0.15, 0.2) is 36.4 Å². The number of hydrogen-bond acceptors (Lipinski definition) is 8. The van der Waals surface area contributed by atoms with Crippen LogP contribution in [0, 0.1) is 11.8 Å². The minimum atomic E-state index is -1.07. The molecule has 2 N–H and O–H groups in total. The molecule has 238 valence electrons. The average molecular weight is 605 g/mol. The Morgan fingerprint density at radius 1 is 0.591 bits per heavy atom. The van der Waals surface area contributed by atoms with E-state index in [0.717, 1.165) is 74.8 Å². The molecule has 0 saturated heterocycles. The average Bonchev–Trinajstić information content (AvgIpc) is 3.05. The minimum absolute atomic E-state index is 0.0699. The number of aryl methyl sites for hydroxylation is 2. The second kappa shape index (κ2) is 15.3. The van der Waals surface area contributed by atoms with Crippen molar-refractivity contribution >= 4 is 11.9 Å². The molecular formula is C36H48N2O6. The maximum absolute atomic E-state index is 12.6. The van der Waals surface area contributed by atoms with E-state index in [1.54, 1.807) is 24.3 Å². The smallest absolute Gasteiger partial charge is 0.423 e. The van der Waals surface area contributed by atoms with Crippen molar-refractivity contribution < 1.29 is 28.5 Å². The Morgan fingerprint density at radius 3 is 1.45 bits per heavy atom. The van der Waals surface area contributed by atoms with E-state index in [1.807, 2.05) is 12.1 Å². The summed E-state index contributed by atoms with van der Waals surface area (Å²) in [5.41, 5.74) is 2.15. The van der Waals surface area contributed by atoms with Gasteiger partial charge < -0.3 is 29.6 Å². The zero-order chi connectivity index (χ0) is 30.1. The van der Waals surface area contributed by atoms with Crippen LogP contribution in [0.4, 0.5) is 0 Å². The Bertz CT molecular complexity index is 1170. The molecule has 2 unspecified atom stereocenters. The van der Waals surface area contributed by atoms with Crippen molar-refractivity contribution in [3.05, 3.63) is 47.5 Å². The number of benzene rings is 2. The molecule has 6 rings (SSSR count). The highest BCUT2D eigenvalue weighted by Gasteiger charge is 2.26. The summed E-state index contributed by atoms with van der Waals surface area (Å²) in [4.78, 5) is 25.3. The second-order valence-corrected chi connectivity index (χ2v) is 13.2. The van der Waals surface area contributed by atoms with Crippen molar-refractivity contribution in [2.45, 2.75) is 102 Å². The van der Waals surface area contributed by atoms with Crippen LogP contribution in [-0.2, 0) is 22.4 Å². The van der Waals surface area contributed by atoms with Crippen molar-refractivity contribution in [2.24, 2.45) is 11.8 Å². The molecule has 0 aromatic heterocycles. The van der Waals surface area contributed by atoms with Gasteiger partial charge in [0.2, 0.25) is 0 Å². The van der Waals surface area contributed by atoms with Gasteiger partial charge in [-0.2, -0.15) is 0 Å². The number of fused-ring (bicyclic) bond motifs is 2. The van der Waals surface area contributed by atoms with Gasteiger partial charge >= 0.3 is 11.9 Å². The third-order valence-electron chi connectivity index (χ3n) is 9.78. The Balaban J connectivity index is 0.961. The Morgan fingerprint density at radius 2 is 1.02 bits per heavy atom. The van der Waals surface area contributed by atoms with E-state index < -0.39 is 11.9 Å². The third kappa shape index (κ3) is 8.54. The summed E-state index contributed by atoms with van der Waals surface area (Å²) in [6.07, 6.45) is 17.2. The lowest BCUT2D eigenvalue weighted by Gasteiger charge is -2.28. The van der Waals surface area contributed by atoms with Crippen LogP contribution in [-0.4, -0.2) is 50.3 Å². The summed E-state index contributed by atoms with van der Waals surface area (Å²) in [5.74, 6) is 1.33. The molecule has 2 aromatic rings. The molecular weight excluding hydrogens is 556 g/mol. The van der Waals surface area contributed by atoms with Crippen LogP contribution in [0.2, 0.25) is 0 Å². The van der Waals surface area contributed by atoms with Gasteiger partial charge in [-0.05, 0) is 99.6 Å². The van der Waals surface area contributed by atoms with E-state index >= 15 is 0 Å². The topological polar surface area (TPSA) is 95.1 Å². The monoisotopic (exact) mass is 604 g/mol. The first-order valence-electron chi connectivity index (χ1n) is 17.0. The molecule has 0 radical (unpaired) electrons. The number of hydrogen-bond donors (Lipinski definition) is 2. The summed E-state index contributed by atoms with van der Waals surface area (Å²) in [6.45, 7) is 3.69. The van der Waals surface area contributed by atoms with Crippen LogP contribution in [0.25, 0.3) is 0 Å². The molecule has 2 aliphatic carbocycles. The normalized spacial score (nSPS) is 22.2. The zero-order valence-corrected chi connectivity index (χ0v) is 26.0. The van der Waals surface area contributed by atoms with Crippen LogP contribution < -0.4 is 29.6 Å². The fraction of sp³-hybridized carbons (Fsp3) is 0.611. The molecule has 8 nitrogen and oxygen atoms in total. The highest BCUT2D eigenvalue weighted by molar-refractivity contribution is 6.31. The first-order chi connectivity index (χ1) is 21.6. The lowest BCUT2D eigenvalue weighted by Crippen LogP contribution is -2.36. The largest absolute Gasteiger partial charge is 0.489 e. The molecule has 0 bridgehead atoms. The Hall–Kier alpha value is -3.10. The maximum Gasteiger partial charge on any atom is 0.423 e. The van der Waals surface area contributed by atoms with E-state index in [2.05, 4.69) is 10.6 Å². The van der Waals surface area contributed by atoms with Gasteiger partial charge in [-0.1, -0.05) is 50.7 Å². The van der Waals surface area contributed by atoms with Gasteiger partial charge in [0.05, 0.1) is 0 Å². The molecule has 44 heavy (non-hydrogen) atoms. The molecule has 2 saturated carbocycles. The van der Waals surface area contributed by atoms with Gasteiger partial charge in [0.25, 0.3) is 0 Å². The summed E-state index contributed by atoms with van der Waals surface area (Å²) < 4.78 is 23.2. The predicted octanol–water partition coefficient (Wildman–Crippen LogP) is 5.92. The van der Waals surface area contributed by atoms with Crippen molar-refractivity contribution in [1.29, 1.82) is 0 Å². The van der Waals surface area contributed by atoms with E-state index in [1.165, 1.54) is 64.2 Å². The summed E-state index contributed by atoms with van der Waals surface area (Å²) in [6, 6.07) is 10.6. The van der Waals surface area contributed by atoms with Gasteiger partial charge in [-0.25, -0.2) is 9.59 Å². The van der Waals surface area contributed by atoms with Crippen molar-refractivity contribution in [2.75, 3.05) is 26.2 Å². The summed E-state index contributed by atoms with van der Waals surface area (Å²) >= 11 is 0. The predicted molar refractivity (Wildman–Crippen MR) is 169 cm³/mol. The number of nitrogens with one attached hydrogen (secondary N) is 2. The second-order valence-electron chi connectivity index (χ2n) is 13.2. The molecule has 2 aromatic carbocycles. The van der Waals surface area contributed by atoms with Crippen LogP contribution in [0.5, 0.6) is 23.0 Å². The Kier molecular flexibility index (Phi) is 10.7. The molecule has 0 spiro atoms. The number of carbonyl (C=O) groups is 2. The summed E-state index contributed by atoms with van der Waals surface area (Å²) in [5, 5.41) is 7.20. The fourth-order valence-electron chi connectivity index (χ4n) is 7.20. The Labute approximate surface area is 261 Å².